The van der Waals surface area contributed by atoms with Gasteiger partial charge < -0.3 is 15.2 Å². The van der Waals surface area contributed by atoms with E-state index in [1.165, 1.54) is 25.0 Å². The van der Waals surface area contributed by atoms with E-state index in [2.05, 4.69) is 39.5 Å². The van der Waals surface area contributed by atoms with Gasteiger partial charge in [-0.25, -0.2) is 0 Å². The number of rotatable bonds is 5. The molecule has 19 heavy (non-hydrogen) atoms. The normalized spacial score (nSPS) is 23.6. The molecule has 1 aliphatic rings. The van der Waals surface area contributed by atoms with Crippen LogP contribution >= 0.6 is 11.8 Å². The first-order chi connectivity index (χ1) is 9.31. The van der Waals surface area contributed by atoms with Gasteiger partial charge in [0.15, 0.2) is 5.96 Å². The maximum Gasteiger partial charge on any atom is 0.191 e. The van der Waals surface area contributed by atoms with E-state index in [1.807, 2.05) is 6.07 Å². The molecule has 106 valence electrons. The molecule has 0 aliphatic heterocycles. The first-order valence-corrected chi connectivity index (χ1v) is 7.84. The average Bonchev–Trinajstić information content (AvgIpc) is 3.06. The van der Waals surface area contributed by atoms with Crippen LogP contribution in [-0.2, 0) is 6.54 Å². The van der Waals surface area contributed by atoms with Gasteiger partial charge in [0.1, 0.15) is 12.0 Å². The van der Waals surface area contributed by atoms with Crippen LogP contribution in [0.5, 0.6) is 0 Å². The van der Waals surface area contributed by atoms with Crippen molar-refractivity contribution >= 4 is 17.7 Å². The lowest BCUT2D eigenvalue weighted by Gasteiger charge is -2.16. The van der Waals surface area contributed by atoms with Crippen LogP contribution in [0.1, 0.15) is 31.9 Å². The Morgan fingerprint density at radius 1 is 1.58 bits per heavy atom. The summed E-state index contributed by atoms with van der Waals surface area (Å²) in [6.07, 6.45) is 5.33. The topological polar surface area (TPSA) is 62.5 Å². The SMILES string of the molecule is CCSC1CCC(NC(=NC)NCc2ccon2)C1. The van der Waals surface area contributed by atoms with Gasteiger partial charge in [0.25, 0.3) is 0 Å². The molecule has 0 spiro atoms. The molecule has 6 heteroatoms. The molecular formula is C13H22N4OS. The number of hydrogen-bond donors (Lipinski definition) is 2. The van der Waals surface area contributed by atoms with Crippen LogP contribution in [-0.4, -0.2) is 35.2 Å². The molecule has 2 unspecified atom stereocenters. The summed E-state index contributed by atoms with van der Waals surface area (Å²) in [7, 11) is 1.80. The highest BCUT2D eigenvalue weighted by Gasteiger charge is 2.24. The molecule has 1 aliphatic carbocycles. The molecule has 5 nitrogen and oxygen atoms in total. The lowest BCUT2D eigenvalue weighted by atomic mass is 10.2. The van der Waals surface area contributed by atoms with Gasteiger partial charge in [-0.15, -0.1) is 0 Å². The van der Waals surface area contributed by atoms with Gasteiger partial charge in [-0.1, -0.05) is 12.1 Å². The third-order valence-electron chi connectivity index (χ3n) is 3.28. The van der Waals surface area contributed by atoms with Crippen molar-refractivity contribution in [1.29, 1.82) is 0 Å². The van der Waals surface area contributed by atoms with Crippen molar-refractivity contribution in [2.45, 2.75) is 44.0 Å². The van der Waals surface area contributed by atoms with Gasteiger partial charge >= 0.3 is 0 Å². The molecule has 0 bridgehead atoms. The molecule has 0 radical (unpaired) electrons. The fraction of sp³-hybridized carbons (Fsp3) is 0.692. The largest absolute Gasteiger partial charge is 0.364 e. The number of guanidine groups is 1. The zero-order valence-corrected chi connectivity index (χ0v) is 12.4. The Morgan fingerprint density at radius 2 is 2.47 bits per heavy atom. The second-order valence-corrected chi connectivity index (χ2v) is 6.23. The van der Waals surface area contributed by atoms with E-state index >= 15 is 0 Å². The van der Waals surface area contributed by atoms with E-state index in [4.69, 9.17) is 4.52 Å². The van der Waals surface area contributed by atoms with Crippen LogP contribution in [0.15, 0.2) is 21.8 Å². The number of aromatic nitrogens is 1. The van der Waals surface area contributed by atoms with Crippen LogP contribution in [0.25, 0.3) is 0 Å². The first-order valence-electron chi connectivity index (χ1n) is 6.79. The van der Waals surface area contributed by atoms with E-state index < -0.39 is 0 Å². The summed E-state index contributed by atoms with van der Waals surface area (Å²) < 4.78 is 4.80. The van der Waals surface area contributed by atoms with E-state index in [1.54, 1.807) is 13.3 Å². The Bertz CT molecular complexity index is 393. The maximum atomic E-state index is 4.80. The van der Waals surface area contributed by atoms with E-state index in [-0.39, 0.29) is 0 Å². The zero-order chi connectivity index (χ0) is 13.5. The monoisotopic (exact) mass is 282 g/mol. The van der Waals surface area contributed by atoms with Crippen molar-refractivity contribution in [3.63, 3.8) is 0 Å². The second kappa shape index (κ2) is 7.43. The van der Waals surface area contributed by atoms with Crippen LogP contribution in [0.4, 0.5) is 0 Å². The fourth-order valence-corrected chi connectivity index (χ4v) is 3.49. The smallest absolute Gasteiger partial charge is 0.191 e. The molecule has 1 aromatic rings. The van der Waals surface area contributed by atoms with Crippen LogP contribution in [0.3, 0.4) is 0 Å². The van der Waals surface area contributed by atoms with Gasteiger partial charge in [-0.05, 0) is 25.0 Å². The summed E-state index contributed by atoms with van der Waals surface area (Å²) in [6, 6.07) is 2.39. The van der Waals surface area contributed by atoms with E-state index in [0.717, 1.165) is 16.9 Å². The molecule has 1 heterocycles. The summed E-state index contributed by atoms with van der Waals surface area (Å²) >= 11 is 2.07. The van der Waals surface area contributed by atoms with E-state index in [9.17, 15) is 0 Å². The minimum Gasteiger partial charge on any atom is -0.364 e. The van der Waals surface area contributed by atoms with Crippen LogP contribution < -0.4 is 10.6 Å². The van der Waals surface area contributed by atoms with Gasteiger partial charge in [0, 0.05) is 24.4 Å². The summed E-state index contributed by atoms with van der Waals surface area (Å²) in [4.78, 5) is 4.25. The van der Waals surface area contributed by atoms with Gasteiger partial charge in [-0.2, -0.15) is 11.8 Å². The van der Waals surface area contributed by atoms with Crippen molar-refractivity contribution < 1.29 is 4.52 Å². The Kier molecular flexibility index (Phi) is 5.57. The molecule has 0 aromatic carbocycles. The highest BCUT2D eigenvalue weighted by atomic mass is 32.2. The predicted octanol–water partition coefficient (Wildman–Crippen LogP) is 2.01. The number of aliphatic imine (C=N–C) groups is 1. The molecule has 0 saturated heterocycles. The van der Waals surface area contributed by atoms with Crippen LogP contribution in [0.2, 0.25) is 0 Å². The van der Waals surface area contributed by atoms with Crippen molar-refractivity contribution in [2.24, 2.45) is 4.99 Å². The lowest BCUT2D eigenvalue weighted by Crippen LogP contribution is -2.42. The van der Waals surface area contributed by atoms with Crippen molar-refractivity contribution in [3.8, 4) is 0 Å². The van der Waals surface area contributed by atoms with Gasteiger partial charge in [0.05, 0.1) is 6.54 Å². The number of nitrogens with one attached hydrogen (secondary N) is 2. The third-order valence-corrected chi connectivity index (χ3v) is 4.51. The Hall–Kier alpha value is -1.17. The first kappa shape index (κ1) is 14.2. The molecule has 2 N–H and O–H groups in total. The minimum absolute atomic E-state index is 0.535. The predicted molar refractivity (Wildman–Crippen MR) is 79.4 cm³/mol. The molecular weight excluding hydrogens is 260 g/mol. The third kappa shape index (κ3) is 4.45. The van der Waals surface area contributed by atoms with E-state index in [0.29, 0.717) is 12.6 Å². The highest BCUT2D eigenvalue weighted by Crippen LogP contribution is 2.29. The van der Waals surface area contributed by atoms with Gasteiger partial charge in [0.2, 0.25) is 0 Å². The molecule has 0 amide bonds. The lowest BCUT2D eigenvalue weighted by molar-refractivity contribution is 0.410. The molecule has 1 fully saturated rings. The van der Waals surface area contributed by atoms with Crippen molar-refractivity contribution in [2.75, 3.05) is 12.8 Å². The quantitative estimate of drug-likeness (QED) is 0.639. The second-order valence-electron chi connectivity index (χ2n) is 4.65. The van der Waals surface area contributed by atoms with Crippen molar-refractivity contribution in [1.82, 2.24) is 15.8 Å². The molecule has 2 atom stereocenters. The summed E-state index contributed by atoms with van der Waals surface area (Å²) in [6.45, 7) is 2.86. The highest BCUT2D eigenvalue weighted by molar-refractivity contribution is 7.99. The number of hydrogen-bond acceptors (Lipinski definition) is 4. The Balaban J connectivity index is 1.74. The van der Waals surface area contributed by atoms with Crippen molar-refractivity contribution in [3.05, 3.63) is 18.0 Å². The fourth-order valence-electron chi connectivity index (χ4n) is 2.35. The number of thioether (sulfide) groups is 1. The summed E-state index contributed by atoms with van der Waals surface area (Å²) in [5, 5.41) is 11.4. The summed E-state index contributed by atoms with van der Waals surface area (Å²) in [5.74, 6) is 2.05. The van der Waals surface area contributed by atoms with Gasteiger partial charge in [-0.3, -0.25) is 4.99 Å². The zero-order valence-electron chi connectivity index (χ0n) is 11.6. The standard InChI is InChI=1S/C13H22N4OS/c1-3-19-12-5-4-10(8-12)16-13(14-2)15-9-11-6-7-18-17-11/h6-7,10,12H,3-5,8-9H2,1-2H3,(H2,14,15,16). The average molecular weight is 282 g/mol. The minimum atomic E-state index is 0.535. The Labute approximate surface area is 118 Å². The Morgan fingerprint density at radius 3 is 3.16 bits per heavy atom. The molecule has 1 aromatic heterocycles. The maximum absolute atomic E-state index is 4.80. The summed E-state index contributed by atoms with van der Waals surface area (Å²) in [5.41, 5.74) is 0.883. The number of nitrogens with zero attached hydrogens (tertiary/aromatic N) is 2. The molecule has 2 rings (SSSR count). The molecule has 1 saturated carbocycles. The van der Waals surface area contributed by atoms with Crippen LogP contribution in [0, 0.1) is 0 Å².